The Bertz CT molecular complexity index is 913. The van der Waals surface area contributed by atoms with Crippen molar-refractivity contribution in [3.05, 3.63) is 77.7 Å². The summed E-state index contributed by atoms with van der Waals surface area (Å²) in [6.45, 7) is 3.46. The Balaban J connectivity index is 1.48. The van der Waals surface area contributed by atoms with E-state index in [1.165, 1.54) is 0 Å². The summed E-state index contributed by atoms with van der Waals surface area (Å²) in [6, 6.07) is 18.5. The minimum absolute atomic E-state index is 0.196. The topological polar surface area (TPSA) is 50.3 Å². The Morgan fingerprint density at radius 2 is 2.00 bits per heavy atom. The van der Waals surface area contributed by atoms with Gasteiger partial charge in [-0.15, -0.1) is 0 Å². The van der Waals surface area contributed by atoms with Crippen LogP contribution in [0.25, 0.3) is 0 Å². The van der Waals surface area contributed by atoms with Crippen molar-refractivity contribution in [1.82, 2.24) is 9.97 Å². The molecule has 1 unspecified atom stereocenters. The maximum absolute atomic E-state index is 5.95. The molecule has 1 N–H and O–H groups in total. The fourth-order valence-electron chi connectivity index (χ4n) is 3.37. The molecule has 4 rings (SSSR count). The van der Waals surface area contributed by atoms with Crippen molar-refractivity contribution in [3.8, 4) is 5.75 Å². The Morgan fingerprint density at radius 1 is 1.15 bits per heavy atom. The van der Waals surface area contributed by atoms with Crippen molar-refractivity contribution in [2.45, 2.75) is 26.0 Å². The van der Waals surface area contributed by atoms with Crippen molar-refractivity contribution >= 4 is 11.5 Å². The van der Waals surface area contributed by atoms with Gasteiger partial charge in [0.05, 0.1) is 6.04 Å². The van der Waals surface area contributed by atoms with Gasteiger partial charge in [-0.25, -0.2) is 9.97 Å². The zero-order chi connectivity index (χ0) is 18.6. The van der Waals surface area contributed by atoms with Crippen molar-refractivity contribution in [1.29, 1.82) is 0 Å². The fourth-order valence-corrected chi connectivity index (χ4v) is 3.37. The Kier molecular flexibility index (Phi) is 4.92. The summed E-state index contributed by atoms with van der Waals surface area (Å²) in [5, 5.41) is 3.63. The van der Waals surface area contributed by atoms with Gasteiger partial charge in [-0.3, -0.25) is 0 Å². The number of rotatable bonds is 5. The first-order valence-electron chi connectivity index (χ1n) is 9.27. The van der Waals surface area contributed by atoms with Crippen LogP contribution in [0.1, 0.15) is 29.4 Å². The second-order valence-corrected chi connectivity index (χ2v) is 6.91. The summed E-state index contributed by atoms with van der Waals surface area (Å²) < 4.78 is 5.95. The first-order chi connectivity index (χ1) is 13.2. The highest BCUT2D eigenvalue weighted by molar-refractivity contribution is 5.55. The number of aryl methyl sites for hydroxylation is 1. The summed E-state index contributed by atoms with van der Waals surface area (Å²) >= 11 is 0. The van der Waals surface area contributed by atoms with Gasteiger partial charge in [0.25, 0.3) is 0 Å². The molecule has 0 saturated heterocycles. The Morgan fingerprint density at radius 3 is 2.85 bits per heavy atom. The number of nitrogens with zero attached hydrogens (tertiary/aromatic N) is 3. The standard InChI is InChI=1S/C22H24N4O/c1-16-23-14-20-21(11-12-26(2)22(20)24-16)25-18-9-6-10-19(13-18)27-15-17-7-4-3-5-8-17/h3-10,13-14,21,25H,11-12,15H2,1-2H3. The van der Waals surface area contributed by atoms with Crippen LogP contribution in [0.4, 0.5) is 11.5 Å². The van der Waals surface area contributed by atoms with Gasteiger partial charge >= 0.3 is 0 Å². The molecule has 1 aromatic heterocycles. The molecule has 0 bridgehead atoms. The fraction of sp³-hybridized carbons (Fsp3) is 0.273. The van der Waals surface area contributed by atoms with Gasteiger partial charge in [0.1, 0.15) is 24.0 Å². The van der Waals surface area contributed by atoms with Crippen LogP contribution >= 0.6 is 0 Å². The predicted molar refractivity (Wildman–Crippen MR) is 108 cm³/mol. The lowest BCUT2D eigenvalue weighted by Crippen LogP contribution is -2.31. The normalized spacial score (nSPS) is 15.9. The van der Waals surface area contributed by atoms with E-state index in [1.807, 2.05) is 43.5 Å². The molecule has 138 valence electrons. The van der Waals surface area contributed by atoms with Gasteiger partial charge in [-0.05, 0) is 31.0 Å². The summed E-state index contributed by atoms with van der Waals surface area (Å²) in [6.07, 6.45) is 2.95. The van der Waals surface area contributed by atoms with Gasteiger partial charge in [0.15, 0.2) is 0 Å². The third-order valence-electron chi connectivity index (χ3n) is 4.83. The highest BCUT2D eigenvalue weighted by Gasteiger charge is 2.25. The van der Waals surface area contributed by atoms with E-state index in [9.17, 15) is 0 Å². The van der Waals surface area contributed by atoms with Crippen molar-refractivity contribution < 1.29 is 4.74 Å². The second kappa shape index (κ2) is 7.66. The number of hydrogen-bond acceptors (Lipinski definition) is 5. The molecular formula is C22H24N4O. The SMILES string of the molecule is Cc1ncc2c(n1)N(C)CCC2Nc1cccc(OCc2ccccc2)c1. The number of aromatic nitrogens is 2. The molecule has 0 fully saturated rings. The maximum atomic E-state index is 5.95. The van der Waals surface area contributed by atoms with Crippen molar-refractivity contribution in [2.75, 3.05) is 23.8 Å². The second-order valence-electron chi connectivity index (χ2n) is 6.91. The van der Waals surface area contributed by atoms with Crippen molar-refractivity contribution in [3.63, 3.8) is 0 Å². The molecule has 27 heavy (non-hydrogen) atoms. The average molecular weight is 360 g/mol. The molecule has 2 heterocycles. The van der Waals surface area contributed by atoms with E-state index in [0.29, 0.717) is 6.61 Å². The van der Waals surface area contributed by atoms with Crippen LogP contribution in [0, 0.1) is 6.92 Å². The van der Waals surface area contributed by atoms with Crippen LogP contribution in [-0.4, -0.2) is 23.6 Å². The van der Waals surface area contributed by atoms with Crippen LogP contribution < -0.4 is 15.0 Å². The smallest absolute Gasteiger partial charge is 0.137 e. The van der Waals surface area contributed by atoms with Gasteiger partial charge in [-0.1, -0.05) is 36.4 Å². The molecule has 2 aromatic carbocycles. The van der Waals surface area contributed by atoms with Crippen molar-refractivity contribution in [2.24, 2.45) is 0 Å². The van der Waals surface area contributed by atoms with E-state index in [4.69, 9.17) is 4.74 Å². The quantitative estimate of drug-likeness (QED) is 0.733. The molecule has 5 heteroatoms. The minimum Gasteiger partial charge on any atom is -0.489 e. The van der Waals surface area contributed by atoms with Crippen LogP contribution in [0.5, 0.6) is 5.75 Å². The largest absolute Gasteiger partial charge is 0.489 e. The lowest BCUT2D eigenvalue weighted by molar-refractivity contribution is 0.306. The van der Waals surface area contributed by atoms with Gasteiger partial charge in [-0.2, -0.15) is 0 Å². The highest BCUT2D eigenvalue weighted by atomic mass is 16.5. The van der Waals surface area contributed by atoms with Gasteiger partial charge in [0, 0.05) is 37.1 Å². The number of nitrogens with one attached hydrogen (secondary N) is 1. The molecule has 3 aromatic rings. The lowest BCUT2D eigenvalue weighted by atomic mass is 10.0. The average Bonchev–Trinajstić information content (AvgIpc) is 2.70. The molecule has 0 amide bonds. The Labute approximate surface area is 160 Å². The lowest BCUT2D eigenvalue weighted by Gasteiger charge is -2.32. The molecule has 1 aliphatic heterocycles. The van der Waals surface area contributed by atoms with E-state index in [-0.39, 0.29) is 6.04 Å². The zero-order valence-electron chi connectivity index (χ0n) is 15.7. The molecular weight excluding hydrogens is 336 g/mol. The number of fused-ring (bicyclic) bond motifs is 1. The number of ether oxygens (including phenoxy) is 1. The highest BCUT2D eigenvalue weighted by Crippen LogP contribution is 2.34. The summed E-state index contributed by atoms with van der Waals surface area (Å²) in [5.74, 6) is 2.68. The maximum Gasteiger partial charge on any atom is 0.137 e. The molecule has 0 spiro atoms. The summed E-state index contributed by atoms with van der Waals surface area (Å²) in [4.78, 5) is 11.2. The Hall–Kier alpha value is -3.08. The molecule has 1 atom stereocenters. The van der Waals surface area contributed by atoms with E-state index in [2.05, 4.69) is 51.5 Å². The first-order valence-corrected chi connectivity index (χ1v) is 9.27. The monoisotopic (exact) mass is 360 g/mol. The third kappa shape index (κ3) is 4.03. The van der Waals surface area contributed by atoms with E-state index in [0.717, 1.165) is 47.2 Å². The molecule has 5 nitrogen and oxygen atoms in total. The summed E-state index contributed by atoms with van der Waals surface area (Å²) in [5.41, 5.74) is 3.35. The number of hydrogen-bond donors (Lipinski definition) is 1. The van der Waals surface area contributed by atoms with E-state index >= 15 is 0 Å². The summed E-state index contributed by atoms with van der Waals surface area (Å²) in [7, 11) is 2.08. The van der Waals surface area contributed by atoms with Gasteiger partial charge in [0.2, 0.25) is 0 Å². The number of anilines is 2. The number of benzene rings is 2. The van der Waals surface area contributed by atoms with Crippen LogP contribution in [0.15, 0.2) is 60.8 Å². The molecule has 0 aliphatic carbocycles. The van der Waals surface area contributed by atoms with Crippen LogP contribution in [-0.2, 0) is 6.61 Å². The third-order valence-corrected chi connectivity index (χ3v) is 4.83. The van der Waals surface area contributed by atoms with Crippen LogP contribution in [0.2, 0.25) is 0 Å². The van der Waals surface area contributed by atoms with Crippen LogP contribution in [0.3, 0.4) is 0 Å². The minimum atomic E-state index is 0.196. The van der Waals surface area contributed by atoms with Gasteiger partial charge < -0.3 is 15.0 Å². The zero-order valence-corrected chi connectivity index (χ0v) is 15.7. The predicted octanol–water partition coefficient (Wildman–Crippen LogP) is 4.36. The molecule has 1 aliphatic rings. The van der Waals surface area contributed by atoms with E-state index in [1.54, 1.807) is 0 Å². The molecule has 0 radical (unpaired) electrons. The first kappa shape index (κ1) is 17.3. The molecule has 0 saturated carbocycles. The van der Waals surface area contributed by atoms with E-state index < -0.39 is 0 Å².